The maximum atomic E-state index is 10.5. The number of hydrogen-bond acceptors (Lipinski definition) is 1. The third-order valence-electron chi connectivity index (χ3n) is 3.85. The lowest BCUT2D eigenvalue weighted by Gasteiger charge is -2.31. The highest BCUT2D eigenvalue weighted by Gasteiger charge is 2.52. The Kier molecular flexibility index (Phi) is 3.11. The van der Waals surface area contributed by atoms with Crippen LogP contribution in [-0.2, 0) is 6.42 Å². The molecular weight excluding hydrogens is 287 g/mol. The standard InChI is InChI=1S/C13H16BrClO/c1-12(5-6-12)13(2,16)8-9-3-4-10(14)7-11(9)15/h3-4,7,16H,5-6,8H2,1-2H3. The summed E-state index contributed by atoms with van der Waals surface area (Å²) in [4.78, 5) is 0. The average molecular weight is 304 g/mol. The van der Waals surface area contributed by atoms with Crippen LogP contribution in [0.4, 0.5) is 0 Å². The molecule has 16 heavy (non-hydrogen) atoms. The van der Waals surface area contributed by atoms with Gasteiger partial charge in [-0.1, -0.05) is 40.5 Å². The molecular formula is C13H16BrClO. The minimum absolute atomic E-state index is 0.0728. The van der Waals surface area contributed by atoms with Crippen LogP contribution in [0.25, 0.3) is 0 Å². The Balaban J connectivity index is 2.20. The van der Waals surface area contributed by atoms with Crippen LogP contribution in [0.2, 0.25) is 5.02 Å². The molecule has 0 aliphatic heterocycles. The zero-order chi connectivity index (χ0) is 12.0. The third kappa shape index (κ3) is 2.29. The van der Waals surface area contributed by atoms with Gasteiger partial charge in [-0.2, -0.15) is 0 Å². The molecule has 2 rings (SSSR count). The normalized spacial score (nSPS) is 21.6. The van der Waals surface area contributed by atoms with Crippen molar-refractivity contribution >= 4 is 27.5 Å². The molecule has 1 saturated carbocycles. The zero-order valence-corrected chi connectivity index (χ0v) is 11.9. The fourth-order valence-electron chi connectivity index (χ4n) is 1.98. The van der Waals surface area contributed by atoms with Crippen LogP contribution in [0, 0.1) is 5.41 Å². The van der Waals surface area contributed by atoms with E-state index in [-0.39, 0.29) is 5.41 Å². The van der Waals surface area contributed by atoms with Crippen molar-refractivity contribution in [1.29, 1.82) is 0 Å². The van der Waals surface area contributed by atoms with Gasteiger partial charge in [-0.05, 0) is 42.9 Å². The van der Waals surface area contributed by atoms with Crippen molar-refractivity contribution in [1.82, 2.24) is 0 Å². The lowest BCUT2D eigenvalue weighted by molar-refractivity contribution is -0.00700. The van der Waals surface area contributed by atoms with Gasteiger partial charge in [0.15, 0.2) is 0 Å². The number of hydrogen-bond donors (Lipinski definition) is 1. The molecule has 1 atom stereocenters. The lowest BCUT2D eigenvalue weighted by Crippen LogP contribution is -2.36. The molecule has 0 amide bonds. The second-order valence-electron chi connectivity index (χ2n) is 5.25. The first kappa shape index (κ1) is 12.4. The van der Waals surface area contributed by atoms with E-state index in [0.717, 1.165) is 27.9 Å². The van der Waals surface area contributed by atoms with E-state index < -0.39 is 5.60 Å². The van der Waals surface area contributed by atoms with E-state index in [2.05, 4.69) is 22.9 Å². The highest BCUT2D eigenvalue weighted by atomic mass is 79.9. The van der Waals surface area contributed by atoms with Crippen molar-refractivity contribution < 1.29 is 5.11 Å². The second kappa shape index (κ2) is 4.01. The molecule has 0 radical (unpaired) electrons. The highest BCUT2D eigenvalue weighted by molar-refractivity contribution is 9.10. The molecule has 0 aromatic heterocycles. The van der Waals surface area contributed by atoms with Crippen molar-refractivity contribution in [3.05, 3.63) is 33.3 Å². The van der Waals surface area contributed by atoms with E-state index in [9.17, 15) is 5.11 Å². The SMILES string of the molecule is CC(O)(Cc1ccc(Br)cc1Cl)C1(C)CC1. The summed E-state index contributed by atoms with van der Waals surface area (Å²) in [6, 6.07) is 5.82. The van der Waals surface area contributed by atoms with Crippen LogP contribution in [0.3, 0.4) is 0 Å². The van der Waals surface area contributed by atoms with Crippen molar-refractivity contribution in [3.63, 3.8) is 0 Å². The molecule has 1 fully saturated rings. The molecule has 1 aliphatic carbocycles. The second-order valence-corrected chi connectivity index (χ2v) is 6.57. The van der Waals surface area contributed by atoms with Crippen LogP contribution >= 0.6 is 27.5 Å². The molecule has 0 bridgehead atoms. The topological polar surface area (TPSA) is 20.2 Å². The van der Waals surface area contributed by atoms with E-state index >= 15 is 0 Å². The maximum Gasteiger partial charge on any atom is 0.0713 e. The van der Waals surface area contributed by atoms with Gasteiger partial charge in [0.25, 0.3) is 0 Å². The number of halogens is 2. The van der Waals surface area contributed by atoms with Gasteiger partial charge in [-0.3, -0.25) is 0 Å². The molecule has 0 saturated heterocycles. The molecule has 0 heterocycles. The molecule has 0 spiro atoms. The monoisotopic (exact) mass is 302 g/mol. The van der Waals surface area contributed by atoms with Crippen molar-refractivity contribution in [2.24, 2.45) is 5.41 Å². The molecule has 1 aromatic rings. The van der Waals surface area contributed by atoms with Crippen LogP contribution in [0.15, 0.2) is 22.7 Å². The lowest BCUT2D eigenvalue weighted by atomic mass is 9.82. The molecule has 1 nitrogen and oxygen atoms in total. The first-order valence-corrected chi connectivity index (χ1v) is 6.67. The van der Waals surface area contributed by atoms with Crippen molar-refractivity contribution in [2.45, 2.75) is 38.7 Å². The fourth-order valence-corrected chi connectivity index (χ4v) is 2.72. The molecule has 1 unspecified atom stereocenters. The summed E-state index contributed by atoms with van der Waals surface area (Å²) in [6.07, 6.45) is 2.83. The Hall–Kier alpha value is -0.0500. The van der Waals surface area contributed by atoms with Gasteiger partial charge < -0.3 is 5.11 Å². The van der Waals surface area contributed by atoms with Crippen molar-refractivity contribution in [3.8, 4) is 0 Å². The summed E-state index contributed by atoms with van der Waals surface area (Å²) in [7, 11) is 0. The molecule has 1 N–H and O–H groups in total. The van der Waals surface area contributed by atoms with E-state index in [1.165, 1.54) is 0 Å². The first-order valence-electron chi connectivity index (χ1n) is 5.50. The average Bonchev–Trinajstić information content (AvgIpc) is 2.90. The number of aliphatic hydroxyl groups is 1. The van der Waals surface area contributed by atoms with Gasteiger partial charge in [0, 0.05) is 15.9 Å². The van der Waals surface area contributed by atoms with Crippen LogP contribution in [0.1, 0.15) is 32.3 Å². The fraction of sp³-hybridized carbons (Fsp3) is 0.538. The summed E-state index contributed by atoms with van der Waals surface area (Å²) in [6.45, 7) is 4.05. The third-order valence-corrected chi connectivity index (χ3v) is 4.70. The smallest absolute Gasteiger partial charge is 0.0713 e. The molecule has 3 heteroatoms. The predicted molar refractivity (Wildman–Crippen MR) is 70.8 cm³/mol. The summed E-state index contributed by atoms with van der Waals surface area (Å²) in [5.74, 6) is 0. The summed E-state index contributed by atoms with van der Waals surface area (Å²) >= 11 is 9.55. The van der Waals surface area contributed by atoms with Gasteiger partial charge in [0.05, 0.1) is 5.60 Å². The Morgan fingerprint density at radius 2 is 2.12 bits per heavy atom. The summed E-state index contributed by atoms with van der Waals surface area (Å²) < 4.78 is 0.971. The van der Waals surface area contributed by atoms with E-state index in [1.54, 1.807) is 0 Å². The minimum Gasteiger partial charge on any atom is -0.389 e. The molecule has 88 valence electrons. The summed E-state index contributed by atoms with van der Waals surface area (Å²) in [5, 5.41) is 11.2. The van der Waals surface area contributed by atoms with Crippen LogP contribution in [0.5, 0.6) is 0 Å². The van der Waals surface area contributed by atoms with Crippen LogP contribution < -0.4 is 0 Å². The van der Waals surface area contributed by atoms with Gasteiger partial charge in [0.2, 0.25) is 0 Å². The Morgan fingerprint density at radius 3 is 2.62 bits per heavy atom. The first-order chi connectivity index (χ1) is 7.34. The van der Waals surface area contributed by atoms with Gasteiger partial charge in [-0.25, -0.2) is 0 Å². The Morgan fingerprint density at radius 1 is 1.50 bits per heavy atom. The zero-order valence-electron chi connectivity index (χ0n) is 9.56. The largest absolute Gasteiger partial charge is 0.389 e. The van der Waals surface area contributed by atoms with E-state index in [0.29, 0.717) is 6.42 Å². The quantitative estimate of drug-likeness (QED) is 0.887. The van der Waals surface area contributed by atoms with Crippen LogP contribution in [-0.4, -0.2) is 10.7 Å². The predicted octanol–water partition coefficient (Wildman–Crippen LogP) is 4.20. The molecule has 1 aromatic carbocycles. The Labute approximate surface area is 110 Å². The highest BCUT2D eigenvalue weighted by Crippen LogP contribution is 2.54. The van der Waals surface area contributed by atoms with E-state index in [1.807, 2.05) is 25.1 Å². The summed E-state index contributed by atoms with van der Waals surface area (Å²) in [5.41, 5.74) is 0.427. The number of benzene rings is 1. The van der Waals surface area contributed by atoms with Gasteiger partial charge in [0.1, 0.15) is 0 Å². The van der Waals surface area contributed by atoms with E-state index in [4.69, 9.17) is 11.6 Å². The minimum atomic E-state index is -0.662. The van der Waals surface area contributed by atoms with Crippen molar-refractivity contribution in [2.75, 3.05) is 0 Å². The van der Waals surface area contributed by atoms with Gasteiger partial charge >= 0.3 is 0 Å². The number of rotatable bonds is 3. The Bertz CT molecular complexity index is 410. The maximum absolute atomic E-state index is 10.5. The molecule has 1 aliphatic rings. The van der Waals surface area contributed by atoms with Gasteiger partial charge in [-0.15, -0.1) is 0 Å².